The predicted octanol–water partition coefficient (Wildman–Crippen LogP) is 2.13. The molecule has 1 fully saturated rings. The van der Waals surface area contributed by atoms with E-state index < -0.39 is 11.3 Å². The van der Waals surface area contributed by atoms with Crippen LogP contribution >= 0.6 is 0 Å². The van der Waals surface area contributed by atoms with E-state index in [0.29, 0.717) is 31.9 Å². The van der Waals surface area contributed by atoms with Gasteiger partial charge in [-0.15, -0.1) is 5.10 Å². The van der Waals surface area contributed by atoms with Gasteiger partial charge in [0.05, 0.1) is 17.9 Å². The molecule has 1 saturated heterocycles. The zero-order valence-electron chi connectivity index (χ0n) is 17.1. The molecule has 3 N–H and O–H groups in total. The van der Waals surface area contributed by atoms with Crippen LogP contribution in [0.5, 0.6) is 5.88 Å². The van der Waals surface area contributed by atoms with Gasteiger partial charge in [-0.05, 0) is 32.4 Å². The fourth-order valence-electron chi connectivity index (χ4n) is 4.78. The van der Waals surface area contributed by atoms with Crippen molar-refractivity contribution in [3.8, 4) is 11.9 Å². The smallest absolute Gasteiger partial charge is 0.311 e. The maximum absolute atomic E-state index is 13.2. The highest BCUT2D eigenvalue weighted by Crippen LogP contribution is 2.52. The van der Waals surface area contributed by atoms with Crippen molar-refractivity contribution in [2.24, 2.45) is 11.7 Å². The van der Waals surface area contributed by atoms with Gasteiger partial charge in [0.1, 0.15) is 11.6 Å². The molecule has 2 aromatic rings. The number of likely N-dealkylation sites (tertiary alicyclic amines) is 1. The van der Waals surface area contributed by atoms with Gasteiger partial charge in [-0.3, -0.25) is 14.8 Å². The molecule has 0 saturated carbocycles. The summed E-state index contributed by atoms with van der Waals surface area (Å²) in [6.45, 7) is 5.75. The average Bonchev–Trinajstić information content (AvgIpc) is 3.11. The summed E-state index contributed by atoms with van der Waals surface area (Å²) in [7, 11) is 0. The maximum Gasteiger partial charge on any atom is 0.311 e. The molecule has 8 heteroatoms. The summed E-state index contributed by atoms with van der Waals surface area (Å²) in [6, 6.07) is 12.3. The van der Waals surface area contributed by atoms with Crippen LogP contribution in [0.15, 0.2) is 41.8 Å². The lowest BCUT2D eigenvalue weighted by Gasteiger charge is -2.47. The van der Waals surface area contributed by atoms with Crippen LogP contribution in [-0.4, -0.2) is 40.8 Å². The molecule has 0 amide bonds. The number of fused-ring (bicyclic) bond motifs is 2. The number of nitriles is 1. The minimum atomic E-state index is -0.928. The molecule has 1 aromatic carbocycles. The Hall–Kier alpha value is -3.31. The first kappa shape index (κ1) is 20.0. The Bertz CT molecular complexity index is 1020. The maximum atomic E-state index is 13.2. The molecular weight excluding hydrogens is 382 g/mol. The van der Waals surface area contributed by atoms with E-state index in [9.17, 15) is 10.1 Å². The zero-order chi connectivity index (χ0) is 21.3. The number of H-pyrrole nitrogens is 1. The molecule has 1 aromatic heterocycles. The largest absolute Gasteiger partial charge is 0.466 e. The number of nitrogens with zero attached hydrogens (tertiary/aromatic N) is 3. The van der Waals surface area contributed by atoms with Gasteiger partial charge in [0.25, 0.3) is 0 Å². The van der Waals surface area contributed by atoms with E-state index in [0.717, 1.165) is 11.3 Å². The third kappa shape index (κ3) is 3.12. The molecule has 1 spiro atoms. The van der Waals surface area contributed by atoms with Gasteiger partial charge in [-0.1, -0.05) is 30.3 Å². The standard InChI is InChI=1S/C22H25N5O3/c1-3-29-21(28)17-13-27(12-15-7-5-4-6-8-15)10-9-22(17)16(11-23)19(24)30-20-18(22)14(2)25-26-20/h4-8,17H,3,9-10,12-13,24H2,1-2H3,(H,25,26)/t17-,22+/m1/s1. The first-order valence-corrected chi connectivity index (χ1v) is 10.1. The number of aromatic amines is 1. The van der Waals surface area contributed by atoms with Crippen LogP contribution in [0.1, 0.15) is 30.2 Å². The number of hydrogen-bond acceptors (Lipinski definition) is 7. The number of esters is 1. The molecule has 4 rings (SSSR count). The highest BCUT2D eigenvalue weighted by atomic mass is 16.5. The normalized spacial score (nSPS) is 23.6. The number of carbonyl (C=O) groups is 1. The summed E-state index contributed by atoms with van der Waals surface area (Å²) in [4.78, 5) is 15.4. The van der Waals surface area contributed by atoms with Crippen LogP contribution < -0.4 is 10.5 Å². The number of nitrogens with two attached hydrogens (primary N) is 1. The second-order valence-corrected chi connectivity index (χ2v) is 7.73. The molecule has 156 valence electrons. The highest BCUT2D eigenvalue weighted by Gasteiger charge is 2.57. The van der Waals surface area contributed by atoms with Crippen LogP contribution in [0.25, 0.3) is 0 Å². The lowest BCUT2D eigenvalue weighted by Crippen LogP contribution is -2.55. The van der Waals surface area contributed by atoms with E-state index in [4.69, 9.17) is 15.2 Å². The van der Waals surface area contributed by atoms with E-state index in [2.05, 4.69) is 33.3 Å². The summed E-state index contributed by atoms with van der Waals surface area (Å²) in [5.41, 5.74) is 8.13. The number of nitrogens with one attached hydrogen (secondary N) is 1. The summed E-state index contributed by atoms with van der Waals surface area (Å²) >= 11 is 0. The van der Waals surface area contributed by atoms with Crippen molar-refractivity contribution in [1.82, 2.24) is 15.1 Å². The molecular formula is C22H25N5O3. The van der Waals surface area contributed by atoms with Crippen molar-refractivity contribution in [2.75, 3.05) is 19.7 Å². The van der Waals surface area contributed by atoms with E-state index >= 15 is 0 Å². The second-order valence-electron chi connectivity index (χ2n) is 7.73. The monoisotopic (exact) mass is 407 g/mol. The molecule has 0 aliphatic carbocycles. The lowest BCUT2D eigenvalue weighted by atomic mass is 9.61. The number of piperidine rings is 1. The molecule has 0 unspecified atom stereocenters. The molecule has 30 heavy (non-hydrogen) atoms. The van der Waals surface area contributed by atoms with E-state index in [-0.39, 0.29) is 24.0 Å². The average molecular weight is 407 g/mol. The molecule has 0 radical (unpaired) electrons. The van der Waals surface area contributed by atoms with Gasteiger partial charge >= 0.3 is 5.97 Å². The van der Waals surface area contributed by atoms with Crippen molar-refractivity contribution in [3.63, 3.8) is 0 Å². The third-order valence-electron chi connectivity index (χ3n) is 6.05. The Morgan fingerprint density at radius 3 is 2.93 bits per heavy atom. The number of benzene rings is 1. The minimum absolute atomic E-state index is 0.00214. The van der Waals surface area contributed by atoms with Gasteiger partial charge in [0, 0.05) is 24.3 Å². The first-order chi connectivity index (χ1) is 14.5. The van der Waals surface area contributed by atoms with Crippen molar-refractivity contribution in [3.05, 3.63) is 58.6 Å². The Morgan fingerprint density at radius 2 is 2.23 bits per heavy atom. The predicted molar refractivity (Wildman–Crippen MR) is 109 cm³/mol. The number of allylic oxidation sites excluding steroid dienone is 1. The van der Waals surface area contributed by atoms with Crippen LogP contribution in [0.4, 0.5) is 0 Å². The molecule has 0 bridgehead atoms. The van der Waals surface area contributed by atoms with Crippen LogP contribution in [0.3, 0.4) is 0 Å². The Balaban J connectivity index is 1.79. The van der Waals surface area contributed by atoms with Crippen molar-refractivity contribution >= 4 is 5.97 Å². The molecule has 2 aliphatic rings. The number of carbonyl (C=O) groups excluding carboxylic acids is 1. The summed E-state index contributed by atoms with van der Waals surface area (Å²) in [5.74, 6) is -0.622. The van der Waals surface area contributed by atoms with Crippen molar-refractivity contribution < 1.29 is 14.3 Å². The zero-order valence-corrected chi connectivity index (χ0v) is 17.1. The Kier molecular flexibility index (Phi) is 5.22. The number of ether oxygens (including phenoxy) is 2. The van der Waals surface area contributed by atoms with E-state index in [1.165, 1.54) is 5.56 Å². The number of rotatable bonds is 4. The Labute approximate surface area is 175 Å². The Morgan fingerprint density at radius 1 is 1.47 bits per heavy atom. The number of aryl methyl sites for hydroxylation is 1. The van der Waals surface area contributed by atoms with Crippen molar-refractivity contribution in [2.45, 2.75) is 32.2 Å². The quantitative estimate of drug-likeness (QED) is 0.746. The molecule has 8 nitrogen and oxygen atoms in total. The van der Waals surface area contributed by atoms with Gasteiger partial charge in [0.15, 0.2) is 0 Å². The summed E-state index contributed by atoms with van der Waals surface area (Å²) in [5, 5.41) is 17.1. The van der Waals surface area contributed by atoms with E-state index in [1.54, 1.807) is 6.92 Å². The van der Waals surface area contributed by atoms with E-state index in [1.807, 2.05) is 25.1 Å². The van der Waals surface area contributed by atoms with Crippen molar-refractivity contribution in [1.29, 1.82) is 5.26 Å². The summed E-state index contributed by atoms with van der Waals surface area (Å²) < 4.78 is 11.1. The third-order valence-corrected chi connectivity index (χ3v) is 6.05. The molecule has 2 atom stereocenters. The van der Waals surface area contributed by atoms with Gasteiger partial charge in [-0.25, -0.2) is 0 Å². The fraction of sp³-hybridized carbons (Fsp3) is 0.409. The molecule has 2 aliphatic heterocycles. The molecule has 3 heterocycles. The second kappa shape index (κ2) is 7.84. The SMILES string of the molecule is CCOC(=O)[C@H]1CN(Cc2ccccc2)CC[C@]12C(C#N)=C(N)Oc1n[nH]c(C)c12. The summed E-state index contributed by atoms with van der Waals surface area (Å²) in [6.07, 6.45) is 0.531. The number of hydrogen-bond donors (Lipinski definition) is 2. The van der Waals surface area contributed by atoms with Crippen LogP contribution in [0.2, 0.25) is 0 Å². The lowest BCUT2D eigenvalue weighted by molar-refractivity contribution is -0.153. The van der Waals surface area contributed by atoms with Crippen LogP contribution in [0, 0.1) is 24.2 Å². The topological polar surface area (TPSA) is 117 Å². The number of aromatic nitrogens is 2. The van der Waals surface area contributed by atoms with Gasteiger partial charge < -0.3 is 15.2 Å². The fourth-order valence-corrected chi connectivity index (χ4v) is 4.78. The van der Waals surface area contributed by atoms with Gasteiger partial charge in [-0.2, -0.15) is 5.26 Å². The van der Waals surface area contributed by atoms with Crippen LogP contribution in [-0.2, 0) is 21.5 Å². The minimum Gasteiger partial charge on any atom is -0.466 e. The van der Waals surface area contributed by atoms with Gasteiger partial charge in [0.2, 0.25) is 11.8 Å². The highest BCUT2D eigenvalue weighted by molar-refractivity contribution is 5.78. The first-order valence-electron chi connectivity index (χ1n) is 10.1.